The van der Waals surface area contributed by atoms with E-state index >= 15 is 0 Å². The van der Waals surface area contributed by atoms with Gasteiger partial charge >= 0.3 is 0 Å². The highest BCUT2D eigenvalue weighted by Gasteiger charge is 2.06. The summed E-state index contributed by atoms with van der Waals surface area (Å²) in [5.41, 5.74) is 0. The molecule has 0 heterocycles. The Morgan fingerprint density at radius 1 is 1.30 bits per heavy atom. The molecule has 3 nitrogen and oxygen atoms in total. The van der Waals surface area contributed by atoms with E-state index in [4.69, 9.17) is 14.2 Å². The highest BCUT2D eigenvalue weighted by atomic mass is 16.7. The van der Waals surface area contributed by atoms with Gasteiger partial charge in [-0.1, -0.05) is 6.58 Å². The summed E-state index contributed by atoms with van der Waals surface area (Å²) in [5.74, 6) is 0.661. The molecule has 0 aliphatic carbocycles. The normalized spacial score (nSPS) is 10.0. The predicted molar refractivity (Wildman–Crippen MR) is 38.6 cm³/mol. The fourth-order valence-electron chi connectivity index (χ4n) is 0.532. The van der Waals surface area contributed by atoms with Crippen LogP contribution in [0.4, 0.5) is 0 Å². The molecule has 0 aliphatic heterocycles. The zero-order valence-corrected chi connectivity index (χ0v) is 6.72. The molecule has 0 aromatic rings. The molecule has 0 atom stereocenters. The molecule has 0 N–H and O–H groups in total. The Hall–Kier alpha value is -0.540. The number of rotatable bonds is 5. The molecule has 0 fully saturated rings. The second kappa shape index (κ2) is 5.26. The zero-order chi connectivity index (χ0) is 7.98. The molecule has 0 aliphatic rings. The molecule has 0 unspecified atom stereocenters. The minimum Gasteiger partial charge on any atom is -0.502 e. The largest absolute Gasteiger partial charge is 0.502 e. The fourth-order valence-corrected chi connectivity index (χ4v) is 0.532. The Labute approximate surface area is 61.6 Å². The van der Waals surface area contributed by atoms with Crippen molar-refractivity contribution in [3.05, 3.63) is 12.3 Å². The van der Waals surface area contributed by atoms with Crippen LogP contribution in [-0.4, -0.2) is 27.6 Å². The minimum atomic E-state index is -0.243. The van der Waals surface area contributed by atoms with Crippen molar-refractivity contribution in [1.82, 2.24) is 0 Å². The number of hydrogen-bond donors (Lipinski definition) is 0. The van der Waals surface area contributed by atoms with Crippen molar-refractivity contribution < 1.29 is 14.2 Å². The smallest absolute Gasteiger partial charge is 0.163 e. The van der Waals surface area contributed by atoms with Gasteiger partial charge in [0.15, 0.2) is 6.29 Å². The second-order valence-corrected chi connectivity index (χ2v) is 1.85. The van der Waals surface area contributed by atoms with Crippen molar-refractivity contribution in [1.29, 1.82) is 0 Å². The van der Waals surface area contributed by atoms with Crippen LogP contribution in [0.5, 0.6) is 0 Å². The van der Waals surface area contributed by atoms with E-state index in [1.165, 1.54) is 0 Å². The van der Waals surface area contributed by atoms with E-state index in [9.17, 15) is 0 Å². The van der Waals surface area contributed by atoms with Crippen molar-refractivity contribution in [3.8, 4) is 0 Å². The lowest BCUT2D eigenvalue weighted by Gasteiger charge is -2.13. The summed E-state index contributed by atoms with van der Waals surface area (Å²) in [6.07, 6.45) is 0.330. The first-order valence-electron chi connectivity index (χ1n) is 3.02. The van der Waals surface area contributed by atoms with Gasteiger partial charge in [-0.25, -0.2) is 0 Å². The van der Waals surface area contributed by atoms with Crippen molar-refractivity contribution in [2.24, 2.45) is 0 Å². The average Bonchev–Trinajstić information content (AvgIpc) is 1.99. The van der Waals surface area contributed by atoms with Crippen LogP contribution in [0.3, 0.4) is 0 Å². The first-order chi connectivity index (χ1) is 4.74. The first-order valence-corrected chi connectivity index (χ1v) is 3.02. The molecule has 0 saturated heterocycles. The third-order valence-electron chi connectivity index (χ3n) is 1.21. The van der Waals surface area contributed by atoms with Gasteiger partial charge in [-0.2, -0.15) is 0 Å². The number of methoxy groups -OCH3 is 3. The number of hydrogen-bond acceptors (Lipinski definition) is 3. The quantitative estimate of drug-likeness (QED) is 0.430. The van der Waals surface area contributed by atoms with Gasteiger partial charge in [0.25, 0.3) is 0 Å². The Morgan fingerprint density at radius 3 is 2.10 bits per heavy atom. The van der Waals surface area contributed by atoms with Crippen LogP contribution in [0.25, 0.3) is 0 Å². The molecular formula is C7H14O3. The van der Waals surface area contributed by atoms with Crippen LogP contribution in [-0.2, 0) is 14.2 Å². The Balaban J connectivity index is 3.52. The highest BCUT2D eigenvalue weighted by molar-refractivity contribution is 4.82. The maximum atomic E-state index is 4.91. The van der Waals surface area contributed by atoms with Crippen LogP contribution in [0.1, 0.15) is 6.42 Å². The van der Waals surface area contributed by atoms with Gasteiger partial charge in [-0.05, 0) is 0 Å². The van der Waals surface area contributed by atoms with Gasteiger partial charge < -0.3 is 14.2 Å². The molecule has 0 radical (unpaired) electrons. The monoisotopic (exact) mass is 146 g/mol. The van der Waals surface area contributed by atoms with Crippen LogP contribution in [0.2, 0.25) is 0 Å². The summed E-state index contributed by atoms with van der Waals surface area (Å²) in [4.78, 5) is 0. The predicted octanol–water partition coefficient (Wildman–Crippen LogP) is 1.16. The fraction of sp³-hybridized carbons (Fsp3) is 0.714. The van der Waals surface area contributed by atoms with E-state index in [0.29, 0.717) is 12.2 Å². The third kappa shape index (κ3) is 3.48. The van der Waals surface area contributed by atoms with Crippen LogP contribution >= 0.6 is 0 Å². The van der Waals surface area contributed by atoms with Gasteiger partial charge in [0, 0.05) is 14.2 Å². The van der Waals surface area contributed by atoms with E-state index in [1.54, 1.807) is 21.3 Å². The molecular weight excluding hydrogens is 132 g/mol. The van der Waals surface area contributed by atoms with Crippen LogP contribution < -0.4 is 0 Å². The lowest BCUT2D eigenvalue weighted by molar-refractivity contribution is -0.105. The number of ether oxygens (including phenoxy) is 3. The lowest BCUT2D eigenvalue weighted by Crippen LogP contribution is -2.13. The zero-order valence-electron chi connectivity index (χ0n) is 6.72. The summed E-state index contributed by atoms with van der Waals surface area (Å²) in [7, 11) is 4.74. The summed E-state index contributed by atoms with van der Waals surface area (Å²) in [5, 5.41) is 0. The highest BCUT2D eigenvalue weighted by Crippen LogP contribution is 2.06. The van der Waals surface area contributed by atoms with Crippen molar-refractivity contribution in [2.75, 3.05) is 21.3 Å². The third-order valence-corrected chi connectivity index (χ3v) is 1.21. The molecule has 60 valence electrons. The molecule has 0 saturated carbocycles. The van der Waals surface area contributed by atoms with Crippen LogP contribution in [0, 0.1) is 0 Å². The molecule has 0 amide bonds. The minimum absolute atomic E-state index is 0.243. The average molecular weight is 146 g/mol. The van der Waals surface area contributed by atoms with Crippen molar-refractivity contribution in [3.63, 3.8) is 0 Å². The summed E-state index contributed by atoms with van der Waals surface area (Å²) < 4.78 is 14.6. The Bertz CT molecular complexity index is 97.0. The van der Waals surface area contributed by atoms with E-state index in [2.05, 4.69) is 6.58 Å². The van der Waals surface area contributed by atoms with E-state index in [0.717, 1.165) is 0 Å². The maximum absolute atomic E-state index is 4.91. The SMILES string of the molecule is C=C(CC(OC)OC)OC. The van der Waals surface area contributed by atoms with E-state index in [-0.39, 0.29) is 6.29 Å². The van der Waals surface area contributed by atoms with Gasteiger partial charge in [0.1, 0.15) is 0 Å². The summed E-state index contributed by atoms with van der Waals surface area (Å²) in [6, 6.07) is 0. The van der Waals surface area contributed by atoms with E-state index < -0.39 is 0 Å². The van der Waals surface area contributed by atoms with Crippen molar-refractivity contribution in [2.45, 2.75) is 12.7 Å². The first kappa shape index (κ1) is 9.46. The van der Waals surface area contributed by atoms with Crippen molar-refractivity contribution >= 4 is 0 Å². The molecule has 0 spiro atoms. The maximum Gasteiger partial charge on any atom is 0.163 e. The van der Waals surface area contributed by atoms with Gasteiger partial charge in [0.2, 0.25) is 0 Å². The molecule has 0 rings (SSSR count). The molecule has 10 heavy (non-hydrogen) atoms. The molecule has 0 aromatic carbocycles. The molecule has 0 aromatic heterocycles. The second-order valence-electron chi connectivity index (χ2n) is 1.85. The van der Waals surface area contributed by atoms with Gasteiger partial charge in [0.05, 0.1) is 19.3 Å². The molecule has 0 bridgehead atoms. The summed E-state index contributed by atoms with van der Waals surface area (Å²) in [6.45, 7) is 3.63. The van der Waals surface area contributed by atoms with Crippen LogP contribution in [0.15, 0.2) is 12.3 Å². The molecule has 3 heteroatoms. The van der Waals surface area contributed by atoms with E-state index in [1.807, 2.05) is 0 Å². The standard InChI is InChI=1S/C7H14O3/c1-6(8-2)5-7(9-3)10-4/h7H,1,5H2,2-4H3. The van der Waals surface area contributed by atoms with Gasteiger partial charge in [-0.3, -0.25) is 0 Å². The lowest BCUT2D eigenvalue weighted by atomic mass is 10.4. The Morgan fingerprint density at radius 2 is 1.80 bits per heavy atom. The topological polar surface area (TPSA) is 27.7 Å². The Kier molecular flexibility index (Phi) is 4.98. The summed E-state index contributed by atoms with van der Waals surface area (Å²) >= 11 is 0. The van der Waals surface area contributed by atoms with Gasteiger partial charge in [-0.15, -0.1) is 0 Å².